The summed E-state index contributed by atoms with van der Waals surface area (Å²) >= 11 is 5.92. The number of carbonyl (C=O) groups is 1. The molecule has 0 unspecified atom stereocenters. The molecule has 2 aromatic heterocycles. The summed E-state index contributed by atoms with van der Waals surface area (Å²) in [5.41, 5.74) is -1.03. The second-order valence-electron chi connectivity index (χ2n) is 6.13. The zero-order valence-electron chi connectivity index (χ0n) is 15.3. The fourth-order valence-corrected chi connectivity index (χ4v) is 2.91. The van der Waals surface area contributed by atoms with Crippen molar-refractivity contribution in [3.8, 4) is 11.6 Å². The molecular formula is C19H12ClF6N3O2. The topological polar surface area (TPSA) is 56.1 Å². The fourth-order valence-electron chi connectivity index (χ4n) is 2.65. The van der Waals surface area contributed by atoms with Crippen LogP contribution in [-0.2, 0) is 12.7 Å². The molecule has 0 saturated carbocycles. The lowest BCUT2D eigenvalue weighted by molar-refractivity contribution is -0.274. The number of rotatable bonds is 5. The van der Waals surface area contributed by atoms with Crippen molar-refractivity contribution in [3.05, 3.63) is 76.7 Å². The molecule has 0 fully saturated rings. The predicted molar refractivity (Wildman–Crippen MR) is 97.9 cm³/mol. The van der Waals surface area contributed by atoms with Crippen LogP contribution in [0.25, 0.3) is 5.82 Å². The second kappa shape index (κ2) is 8.50. The summed E-state index contributed by atoms with van der Waals surface area (Å²) in [4.78, 5) is 16.3. The smallest absolute Gasteiger partial charge is 0.405 e. The Kier molecular flexibility index (Phi) is 6.16. The lowest BCUT2D eigenvalue weighted by Gasteiger charge is -2.15. The molecule has 0 spiro atoms. The number of aromatic nitrogens is 2. The van der Waals surface area contributed by atoms with Gasteiger partial charge >= 0.3 is 12.5 Å². The number of amides is 1. The van der Waals surface area contributed by atoms with Crippen LogP contribution in [0.15, 0.2) is 54.9 Å². The van der Waals surface area contributed by atoms with Crippen LogP contribution in [0.5, 0.6) is 5.75 Å². The summed E-state index contributed by atoms with van der Waals surface area (Å²) in [5.74, 6) is -1.31. The molecule has 5 nitrogen and oxygen atoms in total. The molecule has 2 heterocycles. The number of halogens is 7. The molecule has 3 aromatic rings. The van der Waals surface area contributed by atoms with Gasteiger partial charge in [0.05, 0.1) is 10.6 Å². The summed E-state index contributed by atoms with van der Waals surface area (Å²) in [7, 11) is 0. The van der Waals surface area contributed by atoms with Gasteiger partial charge in [0.1, 0.15) is 11.4 Å². The Morgan fingerprint density at radius 3 is 2.45 bits per heavy atom. The Labute approximate surface area is 176 Å². The van der Waals surface area contributed by atoms with E-state index in [1.807, 2.05) is 0 Å². The number of hydrogen-bond donors (Lipinski definition) is 1. The number of ether oxygens (including phenoxy) is 1. The standard InChI is InChI=1S/C19H12ClF6N3O2/c20-13-8-12(18(21,22)23)10-27-16(13)29-7-3-5-14(29)17(30)28-9-11-4-1-2-6-15(11)31-19(24,25)26/h1-8,10H,9H2,(H,28,30). The SMILES string of the molecule is O=C(NCc1ccccc1OC(F)(F)F)c1cccn1-c1ncc(C(F)(F)F)cc1Cl. The Balaban J connectivity index is 1.80. The van der Waals surface area contributed by atoms with Crippen LogP contribution >= 0.6 is 11.6 Å². The largest absolute Gasteiger partial charge is 0.573 e. The average Bonchev–Trinajstić information content (AvgIpc) is 3.14. The lowest BCUT2D eigenvalue weighted by Crippen LogP contribution is -2.26. The van der Waals surface area contributed by atoms with Crippen LogP contribution in [0.2, 0.25) is 5.02 Å². The van der Waals surface area contributed by atoms with E-state index in [0.29, 0.717) is 12.3 Å². The third-order valence-electron chi connectivity index (χ3n) is 4.00. The van der Waals surface area contributed by atoms with Crippen molar-refractivity contribution in [1.82, 2.24) is 14.9 Å². The summed E-state index contributed by atoms with van der Waals surface area (Å²) in [6.45, 7) is -0.301. The molecule has 31 heavy (non-hydrogen) atoms. The number of hydrogen-bond acceptors (Lipinski definition) is 3. The monoisotopic (exact) mass is 463 g/mol. The Morgan fingerprint density at radius 2 is 1.81 bits per heavy atom. The Hall–Kier alpha value is -3.21. The number of para-hydroxylation sites is 1. The average molecular weight is 464 g/mol. The van der Waals surface area contributed by atoms with Gasteiger partial charge in [-0.3, -0.25) is 9.36 Å². The van der Waals surface area contributed by atoms with Gasteiger partial charge in [0.25, 0.3) is 5.91 Å². The number of pyridine rings is 1. The van der Waals surface area contributed by atoms with Gasteiger partial charge in [0.2, 0.25) is 0 Å². The maximum Gasteiger partial charge on any atom is 0.573 e. The van der Waals surface area contributed by atoms with Crippen LogP contribution in [-0.4, -0.2) is 21.8 Å². The molecule has 0 aliphatic carbocycles. The Bertz CT molecular complexity index is 1090. The van der Waals surface area contributed by atoms with Gasteiger partial charge in [0.15, 0.2) is 5.82 Å². The van der Waals surface area contributed by atoms with Crippen molar-refractivity contribution in [3.63, 3.8) is 0 Å². The third-order valence-corrected chi connectivity index (χ3v) is 4.27. The molecule has 0 aliphatic rings. The minimum atomic E-state index is -4.90. The van der Waals surface area contributed by atoms with Gasteiger partial charge in [0, 0.05) is 24.5 Å². The number of nitrogens with one attached hydrogen (secondary N) is 1. The number of nitrogens with zero attached hydrogens (tertiary/aromatic N) is 2. The zero-order chi connectivity index (χ0) is 22.8. The first kappa shape index (κ1) is 22.5. The Morgan fingerprint density at radius 1 is 1.10 bits per heavy atom. The number of benzene rings is 1. The van der Waals surface area contributed by atoms with E-state index in [1.165, 1.54) is 36.5 Å². The molecule has 0 bridgehead atoms. The van der Waals surface area contributed by atoms with E-state index in [4.69, 9.17) is 11.6 Å². The quantitative estimate of drug-likeness (QED) is 0.517. The van der Waals surface area contributed by atoms with Crippen LogP contribution in [0.1, 0.15) is 21.6 Å². The highest BCUT2D eigenvalue weighted by molar-refractivity contribution is 6.32. The molecular weight excluding hydrogens is 452 g/mol. The van der Waals surface area contributed by atoms with Crippen molar-refractivity contribution >= 4 is 17.5 Å². The van der Waals surface area contributed by atoms with Crippen molar-refractivity contribution in [2.45, 2.75) is 19.1 Å². The molecule has 3 rings (SSSR count). The number of carbonyl (C=O) groups excluding carboxylic acids is 1. The van der Waals surface area contributed by atoms with Crippen LogP contribution < -0.4 is 10.1 Å². The molecule has 1 aromatic carbocycles. The molecule has 1 amide bonds. The summed E-state index contributed by atoms with van der Waals surface area (Å²) in [5, 5.41) is 2.09. The maximum atomic E-state index is 12.8. The highest BCUT2D eigenvalue weighted by Gasteiger charge is 2.33. The van der Waals surface area contributed by atoms with E-state index >= 15 is 0 Å². The van der Waals surface area contributed by atoms with E-state index in [9.17, 15) is 31.1 Å². The highest BCUT2D eigenvalue weighted by atomic mass is 35.5. The molecule has 0 aliphatic heterocycles. The molecule has 12 heteroatoms. The number of alkyl halides is 6. The van der Waals surface area contributed by atoms with E-state index < -0.39 is 29.8 Å². The fraction of sp³-hybridized carbons (Fsp3) is 0.158. The van der Waals surface area contributed by atoms with Crippen molar-refractivity contribution in [2.24, 2.45) is 0 Å². The van der Waals surface area contributed by atoms with Crippen molar-refractivity contribution in [2.75, 3.05) is 0 Å². The first-order chi connectivity index (χ1) is 14.5. The molecule has 0 saturated heterocycles. The van der Waals surface area contributed by atoms with Gasteiger partial charge in [-0.2, -0.15) is 13.2 Å². The molecule has 1 N–H and O–H groups in total. The minimum Gasteiger partial charge on any atom is -0.405 e. The van der Waals surface area contributed by atoms with Gasteiger partial charge in [-0.15, -0.1) is 13.2 Å². The molecule has 0 radical (unpaired) electrons. The van der Waals surface area contributed by atoms with Gasteiger partial charge in [-0.05, 0) is 24.3 Å². The first-order valence-corrected chi connectivity index (χ1v) is 8.86. The summed E-state index contributed by atoms with van der Waals surface area (Å²) in [6.07, 6.45) is -7.61. The van der Waals surface area contributed by atoms with E-state index in [-0.39, 0.29) is 28.6 Å². The van der Waals surface area contributed by atoms with Gasteiger partial charge in [-0.25, -0.2) is 4.98 Å². The van der Waals surface area contributed by atoms with Crippen molar-refractivity contribution < 1.29 is 35.9 Å². The molecule has 164 valence electrons. The maximum absolute atomic E-state index is 12.8. The van der Waals surface area contributed by atoms with E-state index in [0.717, 1.165) is 10.6 Å². The third kappa shape index (κ3) is 5.48. The molecule has 0 atom stereocenters. The van der Waals surface area contributed by atoms with E-state index in [2.05, 4.69) is 15.0 Å². The van der Waals surface area contributed by atoms with Crippen LogP contribution in [0, 0.1) is 0 Å². The summed E-state index contributed by atoms with van der Waals surface area (Å²) in [6, 6.07) is 8.72. The van der Waals surface area contributed by atoms with Crippen LogP contribution in [0.3, 0.4) is 0 Å². The van der Waals surface area contributed by atoms with Gasteiger partial charge < -0.3 is 10.1 Å². The first-order valence-electron chi connectivity index (χ1n) is 8.48. The normalized spacial score (nSPS) is 12.0. The van der Waals surface area contributed by atoms with Crippen LogP contribution in [0.4, 0.5) is 26.3 Å². The van der Waals surface area contributed by atoms with Gasteiger partial charge in [-0.1, -0.05) is 29.8 Å². The lowest BCUT2D eigenvalue weighted by atomic mass is 10.2. The highest BCUT2D eigenvalue weighted by Crippen LogP contribution is 2.32. The van der Waals surface area contributed by atoms with E-state index in [1.54, 1.807) is 0 Å². The predicted octanol–water partition coefficient (Wildman–Crippen LogP) is 5.37. The second-order valence-corrected chi connectivity index (χ2v) is 6.54. The zero-order valence-corrected chi connectivity index (χ0v) is 16.0. The minimum absolute atomic E-state index is 0.0385. The van der Waals surface area contributed by atoms with Crippen molar-refractivity contribution in [1.29, 1.82) is 0 Å². The summed E-state index contributed by atoms with van der Waals surface area (Å²) < 4.78 is 81.0.